The molecule has 9 heavy (non-hydrogen) atoms. The Kier molecular flexibility index (Phi) is 1.68. The second-order valence-electron chi connectivity index (χ2n) is 1.86. The number of aromatic nitrogens is 1. The third kappa shape index (κ3) is 1.02. The van der Waals surface area contributed by atoms with Crippen LogP contribution in [-0.2, 0) is 6.54 Å². The van der Waals surface area contributed by atoms with Crippen molar-refractivity contribution in [1.29, 1.82) is 5.41 Å². The van der Waals surface area contributed by atoms with Crippen molar-refractivity contribution < 1.29 is 0 Å². The first-order valence-corrected chi connectivity index (χ1v) is 3.04. The lowest BCUT2D eigenvalue weighted by atomic mass is 10.4. The summed E-state index contributed by atoms with van der Waals surface area (Å²) in [6.07, 6.45) is 3.34. The molecule has 0 saturated carbocycles. The first-order chi connectivity index (χ1) is 4.38. The van der Waals surface area contributed by atoms with Crippen LogP contribution in [0.3, 0.4) is 0 Å². The Hall–Kier alpha value is -1.05. The lowest BCUT2D eigenvalue weighted by Gasteiger charge is -1.97. The standard InChI is InChI=1S/C7H10N2/c1-2-9-5-3-4-7(9)6-8/h3-6,8H,2H2,1H3. The molecule has 0 aliphatic carbocycles. The molecule has 2 nitrogen and oxygen atoms in total. The number of aryl methyl sites for hydroxylation is 1. The van der Waals surface area contributed by atoms with Crippen LogP contribution >= 0.6 is 0 Å². The van der Waals surface area contributed by atoms with E-state index in [-0.39, 0.29) is 0 Å². The molecule has 1 N–H and O–H groups in total. The van der Waals surface area contributed by atoms with Gasteiger partial charge in [-0.2, -0.15) is 0 Å². The molecule has 0 atom stereocenters. The van der Waals surface area contributed by atoms with E-state index in [0.717, 1.165) is 12.2 Å². The lowest BCUT2D eigenvalue weighted by molar-refractivity contribution is 0.763. The van der Waals surface area contributed by atoms with Gasteiger partial charge in [0, 0.05) is 19.0 Å². The maximum absolute atomic E-state index is 6.96. The normalized spacial score (nSPS) is 9.44. The van der Waals surface area contributed by atoms with Gasteiger partial charge < -0.3 is 9.98 Å². The number of hydrogen-bond donors (Lipinski definition) is 1. The number of nitrogens with one attached hydrogen (secondary N) is 1. The summed E-state index contributed by atoms with van der Waals surface area (Å²) in [7, 11) is 0. The van der Waals surface area contributed by atoms with Crippen LogP contribution in [-0.4, -0.2) is 10.8 Å². The van der Waals surface area contributed by atoms with E-state index in [9.17, 15) is 0 Å². The van der Waals surface area contributed by atoms with Gasteiger partial charge in [0.1, 0.15) is 0 Å². The average molecular weight is 122 g/mol. The van der Waals surface area contributed by atoms with Crippen molar-refractivity contribution >= 4 is 6.21 Å². The third-order valence-electron chi connectivity index (χ3n) is 1.35. The van der Waals surface area contributed by atoms with Gasteiger partial charge in [-0.1, -0.05) is 0 Å². The summed E-state index contributed by atoms with van der Waals surface area (Å²) >= 11 is 0. The summed E-state index contributed by atoms with van der Waals surface area (Å²) in [5.41, 5.74) is 0.970. The van der Waals surface area contributed by atoms with E-state index in [1.165, 1.54) is 6.21 Å². The lowest BCUT2D eigenvalue weighted by Crippen LogP contribution is -1.96. The van der Waals surface area contributed by atoms with E-state index in [0.29, 0.717) is 0 Å². The van der Waals surface area contributed by atoms with E-state index >= 15 is 0 Å². The van der Waals surface area contributed by atoms with Gasteiger partial charge in [-0.05, 0) is 19.1 Å². The predicted molar refractivity (Wildman–Crippen MR) is 38.0 cm³/mol. The maximum Gasteiger partial charge on any atom is 0.0585 e. The van der Waals surface area contributed by atoms with Crippen molar-refractivity contribution in [3.05, 3.63) is 24.0 Å². The zero-order valence-corrected chi connectivity index (χ0v) is 5.46. The molecule has 1 heterocycles. The van der Waals surface area contributed by atoms with Crippen molar-refractivity contribution in [2.75, 3.05) is 0 Å². The Morgan fingerprint density at radius 2 is 2.56 bits per heavy atom. The van der Waals surface area contributed by atoms with E-state index in [1.54, 1.807) is 0 Å². The highest BCUT2D eigenvalue weighted by Crippen LogP contribution is 1.96. The molecule has 0 radical (unpaired) electrons. The number of rotatable bonds is 2. The van der Waals surface area contributed by atoms with Gasteiger partial charge in [0.15, 0.2) is 0 Å². The highest BCUT2D eigenvalue weighted by molar-refractivity contribution is 5.74. The fourth-order valence-electron chi connectivity index (χ4n) is 0.846. The van der Waals surface area contributed by atoms with Crippen LogP contribution in [0.2, 0.25) is 0 Å². The molecule has 0 unspecified atom stereocenters. The van der Waals surface area contributed by atoms with Crippen LogP contribution in [0.15, 0.2) is 18.3 Å². The fraction of sp³-hybridized carbons (Fsp3) is 0.286. The molecule has 0 amide bonds. The van der Waals surface area contributed by atoms with E-state index in [4.69, 9.17) is 5.41 Å². The van der Waals surface area contributed by atoms with Gasteiger partial charge in [0.2, 0.25) is 0 Å². The van der Waals surface area contributed by atoms with Crippen LogP contribution < -0.4 is 0 Å². The zero-order valence-electron chi connectivity index (χ0n) is 5.46. The SMILES string of the molecule is CCn1cccc1C=N. The Morgan fingerprint density at radius 3 is 3.00 bits per heavy atom. The Bertz CT molecular complexity index is 200. The predicted octanol–water partition coefficient (Wildman–Crippen LogP) is 1.51. The van der Waals surface area contributed by atoms with Crippen molar-refractivity contribution in [1.82, 2.24) is 4.57 Å². The topological polar surface area (TPSA) is 28.8 Å². The van der Waals surface area contributed by atoms with Crippen LogP contribution in [0.5, 0.6) is 0 Å². The highest BCUT2D eigenvalue weighted by Gasteiger charge is 1.90. The number of hydrogen-bond acceptors (Lipinski definition) is 1. The summed E-state index contributed by atoms with van der Waals surface area (Å²) in [5.74, 6) is 0. The Labute approximate surface area is 54.6 Å². The molecule has 0 aliphatic rings. The summed E-state index contributed by atoms with van der Waals surface area (Å²) in [4.78, 5) is 0. The second-order valence-corrected chi connectivity index (χ2v) is 1.86. The smallest absolute Gasteiger partial charge is 0.0585 e. The summed E-state index contributed by atoms with van der Waals surface area (Å²) in [6, 6.07) is 3.88. The molecule has 48 valence electrons. The Balaban J connectivity index is 2.98. The highest BCUT2D eigenvalue weighted by atomic mass is 15.0. The quantitative estimate of drug-likeness (QED) is 0.576. The molecule has 0 fully saturated rings. The fourth-order valence-corrected chi connectivity index (χ4v) is 0.846. The van der Waals surface area contributed by atoms with Gasteiger partial charge in [0.25, 0.3) is 0 Å². The van der Waals surface area contributed by atoms with Crippen molar-refractivity contribution in [3.63, 3.8) is 0 Å². The van der Waals surface area contributed by atoms with E-state index < -0.39 is 0 Å². The molecule has 1 rings (SSSR count). The molecule has 2 heteroatoms. The molecule has 0 bridgehead atoms. The van der Waals surface area contributed by atoms with E-state index in [2.05, 4.69) is 6.92 Å². The van der Waals surface area contributed by atoms with Gasteiger partial charge >= 0.3 is 0 Å². The minimum atomic E-state index is 0.942. The zero-order chi connectivity index (χ0) is 6.69. The second kappa shape index (κ2) is 2.49. The molecular weight excluding hydrogens is 112 g/mol. The van der Waals surface area contributed by atoms with Gasteiger partial charge in [-0.25, -0.2) is 0 Å². The minimum absolute atomic E-state index is 0.942. The summed E-state index contributed by atoms with van der Waals surface area (Å²) in [5, 5.41) is 6.96. The first kappa shape index (κ1) is 6.08. The Morgan fingerprint density at radius 1 is 1.78 bits per heavy atom. The maximum atomic E-state index is 6.96. The van der Waals surface area contributed by atoms with Crippen molar-refractivity contribution in [2.45, 2.75) is 13.5 Å². The first-order valence-electron chi connectivity index (χ1n) is 3.04. The largest absolute Gasteiger partial charge is 0.347 e. The van der Waals surface area contributed by atoms with Gasteiger partial charge in [-0.3, -0.25) is 0 Å². The number of nitrogens with zero attached hydrogens (tertiary/aromatic N) is 1. The monoisotopic (exact) mass is 122 g/mol. The molecular formula is C7H10N2. The molecule has 0 saturated heterocycles. The summed E-state index contributed by atoms with van der Waals surface area (Å²) < 4.78 is 2.02. The van der Waals surface area contributed by atoms with Gasteiger partial charge in [-0.15, -0.1) is 0 Å². The molecule has 0 aromatic carbocycles. The average Bonchev–Trinajstić information content (AvgIpc) is 2.33. The van der Waals surface area contributed by atoms with Crippen LogP contribution in [0.4, 0.5) is 0 Å². The third-order valence-corrected chi connectivity index (χ3v) is 1.35. The van der Waals surface area contributed by atoms with Crippen LogP contribution in [0, 0.1) is 5.41 Å². The molecule has 0 aliphatic heterocycles. The molecule has 1 aromatic heterocycles. The molecule has 0 spiro atoms. The van der Waals surface area contributed by atoms with Crippen molar-refractivity contribution in [3.8, 4) is 0 Å². The van der Waals surface area contributed by atoms with Crippen molar-refractivity contribution in [2.24, 2.45) is 0 Å². The minimum Gasteiger partial charge on any atom is -0.347 e. The summed E-state index contributed by atoms with van der Waals surface area (Å²) in [6.45, 7) is 3.00. The van der Waals surface area contributed by atoms with Crippen LogP contribution in [0.1, 0.15) is 12.6 Å². The van der Waals surface area contributed by atoms with Gasteiger partial charge in [0.05, 0.1) is 5.69 Å². The molecule has 1 aromatic rings. The van der Waals surface area contributed by atoms with Crippen LogP contribution in [0.25, 0.3) is 0 Å². The van der Waals surface area contributed by atoms with E-state index in [1.807, 2.05) is 22.9 Å².